The van der Waals surface area contributed by atoms with E-state index in [0.717, 1.165) is 6.07 Å². The van der Waals surface area contributed by atoms with Gasteiger partial charge in [-0.15, -0.1) is 0 Å². The molecular weight excluding hydrogens is 246 g/mol. The molecule has 7 heteroatoms. The summed E-state index contributed by atoms with van der Waals surface area (Å²) < 4.78 is 26.4. The highest BCUT2D eigenvalue weighted by molar-refractivity contribution is 5.93. The topological polar surface area (TPSA) is 78.4 Å². The average Bonchev–Trinajstić information content (AvgIpc) is 2.20. The van der Waals surface area contributed by atoms with Gasteiger partial charge in [-0.2, -0.15) is 0 Å². The van der Waals surface area contributed by atoms with Crippen LogP contribution in [0.15, 0.2) is 12.1 Å². The molecule has 98 valence electrons. The Labute approximate surface area is 102 Å². The number of anilines is 1. The molecule has 0 unspecified atom stereocenters. The van der Waals surface area contributed by atoms with Crippen LogP contribution in [-0.2, 0) is 0 Å². The Hall–Kier alpha value is -2.18. The number of hydrogen-bond donors (Lipinski definition) is 3. The van der Waals surface area contributed by atoms with Crippen molar-refractivity contribution in [2.24, 2.45) is 0 Å². The summed E-state index contributed by atoms with van der Waals surface area (Å²) in [5.41, 5.74) is -1.11. The summed E-state index contributed by atoms with van der Waals surface area (Å²) >= 11 is 0. The summed E-state index contributed by atoms with van der Waals surface area (Å²) in [5, 5.41) is 13.2. The van der Waals surface area contributed by atoms with Crippen molar-refractivity contribution >= 4 is 17.7 Å². The number of urea groups is 1. The highest BCUT2D eigenvalue weighted by atomic mass is 19.1. The number of nitrogens with one attached hydrogen (secondary N) is 2. The first-order valence-corrected chi connectivity index (χ1v) is 5.11. The lowest BCUT2D eigenvalue weighted by Gasteiger charge is -2.11. The number of carbonyl (C=O) groups excluding carboxylic acids is 1. The van der Waals surface area contributed by atoms with Crippen molar-refractivity contribution in [1.29, 1.82) is 0 Å². The van der Waals surface area contributed by atoms with E-state index in [-0.39, 0.29) is 6.04 Å². The van der Waals surface area contributed by atoms with Gasteiger partial charge in [0.05, 0.1) is 11.3 Å². The Balaban J connectivity index is 2.99. The van der Waals surface area contributed by atoms with E-state index in [4.69, 9.17) is 5.11 Å². The summed E-state index contributed by atoms with van der Waals surface area (Å²) in [6.45, 7) is 3.40. The zero-order valence-corrected chi connectivity index (χ0v) is 9.75. The number of carboxylic acid groups (broad SMARTS) is 1. The number of aromatic carboxylic acids is 1. The molecule has 3 N–H and O–H groups in total. The molecule has 0 radical (unpaired) electrons. The van der Waals surface area contributed by atoms with Crippen molar-refractivity contribution in [3.8, 4) is 0 Å². The Morgan fingerprint density at radius 1 is 1.22 bits per heavy atom. The fraction of sp³-hybridized carbons (Fsp3) is 0.273. The van der Waals surface area contributed by atoms with Crippen LogP contribution in [0.2, 0.25) is 0 Å². The zero-order chi connectivity index (χ0) is 13.9. The van der Waals surface area contributed by atoms with E-state index >= 15 is 0 Å². The number of amides is 2. The van der Waals surface area contributed by atoms with Crippen LogP contribution in [0.25, 0.3) is 0 Å². The smallest absolute Gasteiger partial charge is 0.338 e. The van der Waals surface area contributed by atoms with Crippen LogP contribution < -0.4 is 10.6 Å². The van der Waals surface area contributed by atoms with Crippen molar-refractivity contribution < 1.29 is 23.5 Å². The minimum Gasteiger partial charge on any atom is -0.478 e. The number of carbonyl (C=O) groups is 2. The summed E-state index contributed by atoms with van der Waals surface area (Å²) in [6, 6.07) is 0.265. The molecule has 1 aromatic rings. The summed E-state index contributed by atoms with van der Waals surface area (Å²) in [5.74, 6) is -3.79. The minimum absolute atomic E-state index is 0.174. The fourth-order valence-electron chi connectivity index (χ4n) is 1.23. The maximum absolute atomic E-state index is 13.3. The first kappa shape index (κ1) is 13.9. The second-order valence-corrected chi connectivity index (χ2v) is 3.87. The molecule has 0 aliphatic carbocycles. The molecule has 0 saturated carbocycles. The largest absolute Gasteiger partial charge is 0.478 e. The predicted molar refractivity (Wildman–Crippen MR) is 60.6 cm³/mol. The van der Waals surface area contributed by atoms with E-state index in [1.54, 1.807) is 13.8 Å². The standard InChI is InChI=1S/C11H12F2N2O3/c1-5(2)14-11(18)15-9-3-6(10(16)17)7(12)4-8(9)13/h3-5H,1-2H3,(H,16,17)(H2,14,15,18). The van der Waals surface area contributed by atoms with Gasteiger partial charge in [0, 0.05) is 12.1 Å². The van der Waals surface area contributed by atoms with Crippen LogP contribution in [0, 0.1) is 11.6 Å². The van der Waals surface area contributed by atoms with E-state index in [1.165, 1.54) is 0 Å². The number of carboxylic acids is 1. The molecule has 0 bridgehead atoms. The molecule has 0 spiro atoms. The van der Waals surface area contributed by atoms with E-state index in [9.17, 15) is 18.4 Å². The average molecular weight is 258 g/mol. The lowest BCUT2D eigenvalue weighted by Crippen LogP contribution is -2.34. The minimum atomic E-state index is -1.54. The second kappa shape index (κ2) is 5.44. The molecule has 0 fully saturated rings. The first-order valence-electron chi connectivity index (χ1n) is 5.11. The predicted octanol–water partition coefficient (Wildman–Crippen LogP) is 2.19. The van der Waals surface area contributed by atoms with Crippen molar-refractivity contribution in [3.63, 3.8) is 0 Å². The van der Waals surface area contributed by atoms with Gasteiger partial charge in [-0.3, -0.25) is 0 Å². The molecule has 0 aliphatic rings. The van der Waals surface area contributed by atoms with E-state index < -0.39 is 34.9 Å². The lowest BCUT2D eigenvalue weighted by molar-refractivity contribution is 0.0692. The third-order valence-corrected chi connectivity index (χ3v) is 1.96. The number of rotatable bonds is 3. The molecule has 2 amide bonds. The van der Waals surface area contributed by atoms with Gasteiger partial charge in [0.2, 0.25) is 0 Å². The van der Waals surface area contributed by atoms with Gasteiger partial charge in [-0.25, -0.2) is 18.4 Å². The van der Waals surface area contributed by atoms with Gasteiger partial charge in [0.25, 0.3) is 0 Å². The third-order valence-electron chi connectivity index (χ3n) is 1.96. The summed E-state index contributed by atoms with van der Waals surface area (Å²) in [6.07, 6.45) is 0. The van der Waals surface area contributed by atoms with Gasteiger partial charge in [0.1, 0.15) is 11.6 Å². The number of halogens is 2. The van der Waals surface area contributed by atoms with E-state index in [1.807, 2.05) is 0 Å². The molecule has 5 nitrogen and oxygen atoms in total. The van der Waals surface area contributed by atoms with Gasteiger partial charge >= 0.3 is 12.0 Å². The molecule has 0 aromatic heterocycles. The molecule has 0 atom stereocenters. The maximum Gasteiger partial charge on any atom is 0.338 e. The molecule has 0 heterocycles. The highest BCUT2D eigenvalue weighted by Gasteiger charge is 2.16. The fourth-order valence-corrected chi connectivity index (χ4v) is 1.23. The normalized spacial score (nSPS) is 10.3. The van der Waals surface area contributed by atoms with Gasteiger partial charge in [-0.1, -0.05) is 0 Å². The monoisotopic (exact) mass is 258 g/mol. The van der Waals surface area contributed by atoms with Crippen molar-refractivity contribution in [2.75, 3.05) is 5.32 Å². The van der Waals surface area contributed by atoms with Crippen molar-refractivity contribution in [3.05, 3.63) is 29.3 Å². The second-order valence-electron chi connectivity index (χ2n) is 3.87. The van der Waals surface area contributed by atoms with Crippen LogP contribution >= 0.6 is 0 Å². The molecule has 1 aromatic carbocycles. The third kappa shape index (κ3) is 3.41. The Morgan fingerprint density at radius 3 is 2.33 bits per heavy atom. The van der Waals surface area contributed by atoms with Crippen LogP contribution in [-0.4, -0.2) is 23.1 Å². The first-order chi connectivity index (χ1) is 8.31. The molecule has 0 aliphatic heterocycles. The maximum atomic E-state index is 13.3. The van der Waals surface area contributed by atoms with Crippen LogP contribution in [0.5, 0.6) is 0 Å². The Bertz CT molecular complexity index is 489. The van der Waals surface area contributed by atoms with E-state index in [0.29, 0.717) is 6.07 Å². The number of benzene rings is 1. The van der Waals surface area contributed by atoms with E-state index in [2.05, 4.69) is 10.6 Å². The van der Waals surface area contributed by atoms with Crippen molar-refractivity contribution in [1.82, 2.24) is 5.32 Å². The van der Waals surface area contributed by atoms with Crippen LogP contribution in [0.3, 0.4) is 0 Å². The van der Waals surface area contributed by atoms with Crippen LogP contribution in [0.4, 0.5) is 19.3 Å². The SMILES string of the molecule is CC(C)NC(=O)Nc1cc(C(=O)O)c(F)cc1F. The van der Waals surface area contributed by atoms with Crippen LogP contribution in [0.1, 0.15) is 24.2 Å². The molecule has 18 heavy (non-hydrogen) atoms. The van der Waals surface area contributed by atoms with Gasteiger partial charge in [-0.05, 0) is 19.9 Å². The molecular formula is C11H12F2N2O3. The Kier molecular flexibility index (Phi) is 4.19. The Morgan fingerprint density at radius 2 is 1.83 bits per heavy atom. The van der Waals surface area contributed by atoms with Gasteiger partial charge < -0.3 is 15.7 Å². The lowest BCUT2D eigenvalue weighted by atomic mass is 10.2. The summed E-state index contributed by atoms with van der Waals surface area (Å²) in [4.78, 5) is 22.0. The highest BCUT2D eigenvalue weighted by Crippen LogP contribution is 2.19. The molecule has 1 rings (SSSR count). The number of hydrogen-bond acceptors (Lipinski definition) is 2. The van der Waals surface area contributed by atoms with Gasteiger partial charge in [0.15, 0.2) is 0 Å². The molecule has 0 saturated heterocycles. The quantitative estimate of drug-likeness (QED) is 0.777. The van der Waals surface area contributed by atoms with Crippen molar-refractivity contribution in [2.45, 2.75) is 19.9 Å². The zero-order valence-electron chi connectivity index (χ0n) is 9.75. The summed E-state index contributed by atoms with van der Waals surface area (Å²) in [7, 11) is 0.